The fourth-order valence-electron chi connectivity index (χ4n) is 1.90. The van der Waals surface area contributed by atoms with Gasteiger partial charge < -0.3 is 5.32 Å². The highest BCUT2D eigenvalue weighted by Crippen LogP contribution is 2.17. The van der Waals surface area contributed by atoms with E-state index in [0.29, 0.717) is 0 Å². The first-order valence-electron chi connectivity index (χ1n) is 4.66. The summed E-state index contributed by atoms with van der Waals surface area (Å²) in [7, 11) is 0. The third-order valence-corrected chi connectivity index (χ3v) is 2.60. The van der Waals surface area contributed by atoms with Gasteiger partial charge in [0.15, 0.2) is 0 Å². The van der Waals surface area contributed by atoms with E-state index in [-0.39, 0.29) is 0 Å². The lowest BCUT2D eigenvalue weighted by Gasteiger charge is -2.07. The van der Waals surface area contributed by atoms with Crippen molar-refractivity contribution in [1.29, 1.82) is 0 Å². The lowest BCUT2D eigenvalue weighted by atomic mass is 9.99. The van der Waals surface area contributed by atoms with Crippen molar-refractivity contribution >= 4 is 0 Å². The zero-order valence-corrected chi connectivity index (χ0v) is 7.56. The fourth-order valence-corrected chi connectivity index (χ4v) is 1.90. The van der Waals surface area contributed by atoms with Crippen molar-refractivity contribution in [2.75, 3.05) is 6.54 Å². The summed E-state index contributed by atoms with van der Waals surface area (Å²) in [6.45, 7) is 4.43. The van der Waals surface area contributed by atoms with Gasteiger partial charge in [0.05, 0.1) is 0 Å². The highest BCUT2D eigenvalue weighted by Gasteiger charge is 2.07. The van der Waals surface area contributed by atoms with E-state index in [9.17, 15) is 0 Å². The summed E-state index contributed by atoms with van der Waals surface area (Å²) in [5.41, 5.74) is 4.52. The standard InChI is InChI=1S/C11H15N/c1-9-4-2-5-10-8-12-7-3-6-11(9)10/h2,4-5,12H,3,6-8H2,1H3. The minimum absolute atomic E-state index is 1.05. The monoisotopic (exact) mass is 161 g/mol. The lowest BCUT2D eigenvalue weighted by molar-refractivity contribution is 0.680. The second kappa shape index (κ2) is 3.28. The van der Waals surface area contributed by atoms with Crippen LogP contribution in [0.25, 0.3) is 0 Å². The first kappa shape index (κ1) is 7.81. The average Bonchev–Trinajstić information content (AvgIpc) is 2.30. The quantitative estimate of drug-likeness (QED) is 0.614. The lowest BCUT2D eigenvalue weighted by Crippen LogP contribution is -2.11. The molecule has 1 nitrogen and oxygen atoms in total. The van der Waals surface area contributed by atoms with Crippen LogP contribution in [0.4, 0.5) is 0 Å². The van der Waals surface area contributed by atoms with Gasteiger partial charge in [0.25, 0.3) is 0 Å². The summed E-state index contributed by atoms with van der Waals surface area (Å²) in [6.07, 6.45) is 2.52. The molecule has 0 spiro atoms. The summed E-state index contributed by atoms with van der Waals surface area (Å²) in [5, 5.41) is 3.43. The number of hydrogen-bond donors (Lipinski definition) is 1. The SMILES string of the molecule is Cc1cccc2c1CCCNC2. The molecule has 0 bridgehead atoms. The molecule has 0 aromatic heterocycles. The van der Waals surface area contributed by atoms with Crippen molar-refractivity contribution in [3.63, 3.8) is 0 Å². The Bertz CT molecular complexity index is 278. The molecule has 1 aliphatic heterocycles. The van der Waals surface area contributed by atoms with Gasteiger partial charge in [-0.2, -0.15) is 0 Å². The van der Waals surface area contributed by atoms with Crippen molar-refractivity contribution in [2.45, 2.75) is 26.3 Å². The molecule has 0 atom stereocenters. The van der Waals surface area contributed by atoms with Gasteiger partial charge in [0, 0.05) is 6.54 Å². The topological polar surface area (TPSA) is 12.0 Å². The van der Waals surface area contributed by atoms with Crippen LogP contribution in [-0.2, 0) is 13.0 Å². The van der Waals surface area contributed by atoms with Crippen LogP contribution in [0.5, 0.6) is 0 Å². The molecule has 0 saturated heterocycles. The molecule has 0 radical (unpaired) electrons. The van der Waals surface area contributed by atoms with E-state index >= 15 is 0 Å². The van der Waals surface area contributed by atoms with Crippen LogP contribution in [0.3, 0.4) is 0 Å². The van der Waals surface area contributed by atoms with E-state index < -0.39 is 0 Å². The van der Waals surface area contributed by atoms with Gasteiger partial charge in [-0.15, -0.1) is 0 Å². The molecule has 12 heavy (non-hydrogen) atoms. The van der Waals surface area contributed by atoms with Crippen LogP contribution in [-0.4, -0.2) is 6.54 Å². The maximum atomic E-state index is 3.43. The molecule has 0 saturated carbocycles. The van der Waals surface area contributed by atoms with Crippen molar-refractivity contribution in [1.82, 2.24) is 5.32 Å². The Labute approximate surface area is 73.8 Å². The Morgan fingerprint density at radius 2 is 2.25 bits per heavy atom. The summed E-state index contributed by atoms with van der Waals surface area (Å²) in [6, 6.07) is 6.60. The van der Waals surface area contributed by atoms with Gasteiger partial charge >= 0.3 is 0 Å². The first-order chi connectivity index (χ1) is 5.88. The highest BCUT2D eigenvalue weighted by molar-refractivity contribution is 5.35. The summed E-state index contributed by atoms with van der Waals surface area (Å²) in [5.74, 6) is 0. The molecule has 0 aliphatic carbocycles. The number of nitrogens with one attached hydrogen (secondary N) is 1. The minimum Gasteiger partial charge on any atom is -0.313 e. The molecular weight excluding hydrogens is 146 g/mol. The average molecular weight is 161 g/mol. The number of hydrogen-bond acceptors (Lipinski definition) is 1. The highest BCUT2D eigenvalue weighted by atomic mass is 14.8. The predicted molar refractivity (Wildman–Crippen MR) is 51.2 cm³/mol. The molecular formula is C11H15N. The Morgan fingerprint density at radius 1 is 1.33 bits per heavy atom. The zero-order chi connectivity index (χ0) is 8.39. The maximum absolute atomic E-state index is 3.43. The summed E-state index contributed by atoms with van der Waals surface area (Å²) >= 11 is 0. The molecule has 64 valence electrons. The van der Waals surface area contributed by atoms with E-state index in [1.54, 1.807) is 5.56 Å². The smallest absolute Gasteiger partial charge is 0.0208 e. The van der Waals surface area contributed by atoms with Crippen LogP contribution in [0.2, 0.25) is 0 Å². The van der Waals surface area contributed by atoms with E-state index in [1.807, 2.05) is 0 Å². The molecule has 1 heterocycles. The molecule has 1 aliphatic rings. The zero-order valence-electron chi connectivity index (χ0n) is 7.56. The van der Waals surface area contributed by atoms with E-state index in [1.165, 1.54) is 24.0 Å². The number of benzene rings is 1. The van der Waals surface area contributed by atoms with Gasteiger partial charge in [-0.05, 0) is 43.0 Å². The normalized spacial score (nSPS) is 16.8. The number of rotatable bonds is 0. The maximum Gasteiger partial charge on any atom is 0.0208 e. The van der Waals surface area contributed by atoms with Crippen LogP contribution >= 0.6 is 0 Å². The minimum atomic E-state index is 1.05. The second-order valence-electron chi connectivity index (χ2n) is 3.49. The van der Waals surface area contributed by atoms with Crippen molar-refractivity contribution < 1.29 is 0 Å². The van der Waals surface area contributed by atoms with Gasteiger partial charge in [-0.25, -0.2) is 0 Å². The molecule has 0 fully saturated rings. The molecule has 0 unspecified atom stereocenters. The van der Waals surface area contributed by atoms with Crippen molar-refractivity contribution in [2.24, 2.45) is 0 Å². The van der Waals surface area contributed by atoms with E-state index in [0.717, 1.165) is 13.1 Å². The molecule has 1 aromatic carbocycles. The largest absolute Gasteiger partial charge is 0.313 e. The Balaban J connectivity index is 2.42. The Morgan fingerprint density at radius 3 is 3.17 bits per heavy atom. The second-order valence-corrected chi connectivity index (χ2v) is 3.49. The molecule has 0 amide bonds. The molecule has 1 N–H and O–H groups in total. The van der Waals surface area contributed by atoms with E-state index in [2.05, 4.69) is 30.4 Å². The summed E-state index contributed by atoms with van der Waals surface area (Å²) < 4.78 is 0. The Kier molecular flexibility index (Phi) is 2.13. The third kappa shape index (κ3) is 1.37. The fraction of sp³-hybridized carbons (Fsp3) is 0.455. The van der Waals surface area contributed by atoms with Gasteiger partial charge in [-0.1, -0.05) is 18.2 Å². The molecule has 2 rings (SSSR count). The van der Waals surface area contributed by atoms with Crippen molar-refractivity contribution in [3.8, 4) is 0 Å². The van der Waals surface area contributed by atoms with Crippen molar-refractivity contribution in [3.05, 3.63) is 34.9 Å². The van der Waals surface area contributed by atoms with Gasteiger partial charge in [-0.3, -0.25) is 0 Å². The predicted octanol–water partition coefficient (Wildman–Crippen LogP) is 2.03. The molecule has 1 heteroatoms. The van der Waals surface area contributed by atoms with Crippen LogP contribution < -0.4 is 5.32 Å². The number of aryl methyl sites for hydroxylation is 1. The number of fused-ring (bicyclic) bond motifs is 1. The van der Waals surface area contributed by atoms with Crippen LogP contribution in [0.15, 0.2) is 18.2 Å². The molecule has 1 aromatic rings. The third-order valence-electron chi connectivity index (χ3n) is 2.60. The Hall–Kier alpha value is -0.820. The first-order valence-corrected chi connectivity index (χ1v) is 4.66. The van der Waals surface area contributed by atoms with Gasteiger partial charge in [0.1, 0.15) is 0 Å². The van der Waals surface area contributed by atoms with E-state index in [4.69, 9.17) is 0 Å². The summed E-state index contributed by atoms with van der Waals surface area (Å²) in [4.78, 5) is 0. The van der Waals surface area contributed by atoms with Gasteiger partial charge in [0.2, 0.25) is 0 Å². The van der Waals surface area contributed by atoms with Crippen LogP contribution in [0.1, 0.15) is 23.1 Å². The van der Waals surface area contributed by atoms with Crippen LogP contribution in [0, 0.1) is 6.92 Å².